The Bertz CT molecular complexity index is 517. The quantitative estimate of drug-likeness (QED) is 0.769. The van der Waals surface area contributed by atoms with Crippen LogP contribution in [0, 0.1) is 18.3 Å². The first kappa shape index (κ1) is 19.2. The van der Waals surface area contributed by atoms with E-state index in [0.717, 1.165) is 19.1 Å². The van der Waals surface area contributed by atoms with Gasteiger partial charge in [-0.25, -0.2) is 0 Å². The molecule has 2 saturated carbocycles. The predicted molar refractivity (Wildman–Crippen MR) is 100 cm³/mol. The van der Waals surface area contributed by atoms with Crippen molar-refractivity contribution < 1.29 is 9.90 Å². The summed E-state index contributed by atoms with van der Waals surface area (Å²) in [6, 6.07) is 8.28. The van der Waals surface area contributed by atoms with Crippen molar-refractivity contribution in [3.63, 3.8) is 0 Å². The number of carbonyl (C=O) groups excluding carboxylic acids is 1. The van der Waals surface area contributed by atoms with Crippen LogP contribution in [0.4, 0.5) is 0 Å². The molecule has 2 aliphatic carbocycles. The van der Waals surface area contributed by atoms with Crippen LogP contribution in [-0.2, 0) is 11.2 Å². The van der Waals surface area contributed by atoms with E-state index in [4.69, 9.17) is 0 Å². The maximum absolute atomic E-state index is 10.7. The molecule has 1 aromatic carbocycles. The summed E-state index contributed by atoms with van der Waals surface area (Å²) in [5, 5.41) is 10.7. The van der Waals surface area contributed by atoms with Gasteiger partial charge in [0.2, 0.25) is 0 Å². The van der Waals surface area contributed by atoms with Crippen molar-refractivity contribution in [1.82, 2.24) is 0 Å². The number of fused-ring (bicyclic) bond motifs is 1. The van der Waals surface area contributed by atoms with Crippen molar-refractivity contribution in [2.75, 3.05) is 0 Å². The molecule has 0 bridgehead atoms. The summed E-state index contributed by atoms with van der Waals surface area (Å²) in [7, 11) is 0. The van der Waals surface area contributed by atoms with Crippen molar-refractivity contribution in [3.8, 4) is 0 Å². The van der Waals surface area contributed by atoms with E-state index < -0.39 is 0 Å². The van der Waals surface area contributed by atoms with E-state index in [9.17, 15) is 9.90 Å². The molecule has 0 aliphatic heterocycles. The van der Waals surface area contributed by atoms with Crippen LogP contribution in [-0.4, -0.2) is 17.0 Å². The molecule has 24 heavy (non-hydrogen) atoms. The molecule has 0 aromatic heterocycles. The Balaban J connectivity index is 0.000000177. The first-order valence-electron chi connectivity index (χ1n) is 9.63. The van der Waals surface area contributed by atoms with Gasteiger partial charge in [-0.1, -0.05) is 62.9 Å². The molecule has 0 spiro atoms. The van der Waals surface area contributed by atoms with E-state index in [1.807, 2.05) is 0 Å². The number of rotatable bonds is 3. The zero-order chi connectivity index (χ0) is 17.6. The van der Waals surface area contributed by atoms with Gasteiger partial charge in [0, 0.05) is 6.42 Å². The van der Waals surface area contributed by atoms with Crippen LogP contribution in [0.15, 0.2) is 24.3 Å². The normalized spacial score (nSPS) is 32.2. The molecule has 0 heterocycles. The summed E-state index contributed by atoms with van der Waals surface area (Å²) >= 11 is 0. The lowest BCUT2D eigenvalue weighted by molar-refractivity contribution is -0.164. The predicted octanol–water partition coefficient (Wildman–Crippen LogP) is 5.24. The van der Waals surface area contributed by atoms with E-state index in [1.54, 1.807) is 0 Å². The minimum atomic E-state index is -0.330. The Morgan fingerprint density at radius 2 is 1.75 bits per heavy atom. The fourth-order valence-electron chi connectivity index (χ4n) is 4.63. The third kappa shape index (κ3) is 4.27. The molecule has 2 heteroatoms. The standard InChI is InChI=1S/C12H22O.C10H12O/c1-10-6-5-8-11(2)7-3-4-9-12(10,11)13;1-9-4-6-10(7-5-9)3-2-8-11/h10,13H,3-9H2,1-2H3;4-8H,2-3H2,1H3/t10-,11+,12-;/m0./s1. The summed E-state index contributed by atoms with van der Waals surface area (Å²) in [4.78, 5) is 10.0. The van der Waals surface area contributed by atoms with Gasteiger partial charge < -0.3 is 9.90 Å². The Labute approximate surface area is 147 Å². The summed E-state index contributed by atoms with van der Waals surface area (Å²) in [5.41, 5.74) is 2.41. The van der Waals surface area contributed by atoms with Crippen molar-refractivity contribution in [1.29, 1.82) is 0 Å². The highest BCUT2D eigenvalue weighted by Crippen LogP contribution is 2.55. The van der Waals surface area contributed by atoms with Gasteiger partial charge in [-0.05, 0) is 55.9 Å². The number of hydrogen-bond acceptors (Lipinski definition) is 2. The molecule has 2 aliphatic rings. The van der Waals surface area contributed by atoms with E-state index >= 15 is 0 Å². The highest BCUT2D eigenvalue weighted by molar-refractivity contribution is 5.50. The van der Waals surface area contributed by atoms with Crippen molar-refractivity contribution >= 4 is 6.29 Å². The minimum Gasteiger partial charge on any atom is -0.389 e. The van der Waals surface area contributed by atoms with E-state index in [2.05, 4.69) is 45.0 Å². The Hall–Kier alpha value is -1.15. The molecule has 3 atom stereocenters. The average Bonchev–Trinajstić information content (AvgIpc) is 2.57. The summed E-state index contributed by atoms with van der Waals surface area (Å²) in [6.07, 6.45) is 11.1. The van der Waals surface area contributed by atoms with E-state index in [1.165, 1.54) is 49.7 Å². The molecule has 1 aromatic rings. The largest absolute Gasteiger partial charge is 0.389 e. The second-order valence-corrected chi connectivity index (χ2v) is 8.18. The summed E-state index contributed by atoms with van der Waals surface area (Å²) in [6.45, 7) is 6.61. The lowest BCUT2D eigenvalue weighted by Crippen LogP contribution is -2.55. The minimum absolute atomic E-state index is 0.239. The Morgan fingerprint density at radius 1 is 1.12 bits per heavy atom. The van der Waals surface area contributed by atoms with Gasteiger partial charge in [0.1, 0.15) is 6.29 Å². The smallest absolute Gasteiger partial charge is 0.120 e. The zero-order valence-electron chi connectivity index (χ0n) is 15.7. The number of aliphatic hydroxyl groups is 1. The van der Waals surface area contributed by atoms with Gasteiger partial charge in [-0.2, -0.15) is 0 Å². The number of benzene rings is 1. The molecule has 2 fully saturated rings. The van der Waals surface area contributed by atoms with Gasteiger partial charge in [-0.15, -0.1) is 0 Å². The van der Waals surface area contributed by atoms with Gasteiger partial charge >= 0.3 is 0 Å². The van der Waals surface area contributed by atoms with Crippen molar-refractivity contribution in [2.24, 2.45) is 11.3 Å². The monoisotopic (exact) mass is 330 g/mol. The molecule has 3 rings (SSSR count). The third-order valence-electron chi connectivity index (χ3n) is 6.43. The molecule has 1 N–H and O–H groups in total. The Kier molecular flexibility index (Phi) is 6.62. The third-order valence-corrected chi connectivity index (χ3v) is 6.43. The van der Waals surface area contributed by atoms with Crippen molar-refractivity contribution in [3.05, 3.63) is 35.4 Å². The molecule has 0 saturated heterocycles. The highest BCUT2D eigenvalue weighted by atomic mass is 16.3. The van der Waals surface area contributed by atoms with Crippen LogP contribution < -0.4 is 0 Å². The van der Waals surface area contributed by atoms with Crippen LogP contribution in [0.1, 0.15) is 76.3 Å². The zero-order valence-corrected chi connectivity index (χ0v) is 15.7. The van der Waals surface area contributed by atoms with Crippen LogP contribution in [0.2, 0.25) is 0 Å². The fraction of sp³-hybridized carbons (Fsp3) is 0.682. The SMILES string of the molecule is C[C@H]1CCC[C@@]2(C)CCCC[C@]12O.Cc1ccc(CCC=O)cc1. The maximum atomic E-state index is 10.7. The molecule has 0 unspecified atom stereocenters. The lowest BCUT2D eigenvalue weighted by Gasteiger charge is -2.55. The first-order chi connectivity index (χ1) is 11.4. The van der Waals surface area contributed by atoms with Gasteiger partial charge in [0.15, 0.2) is 0 Å². The second-order valence-electron chi connectivity index (χ2n) is 8.18. The molecular weight excluding hydrogens is 296 g/mol. The molecule has 134 valence electrons. The first-order valence-corrected chi connectivity index (χ1v) is 9.63. The van der Waals surface area contributed by atoms with E-state index in [0.29, 0.717) is 12.3 Å². The molecule has 0 amide bonds. The number of carbonyl (C=O) groups is 1. The topological polar surface area (TPSA) is 37.3 Å². The highest BCUT2D eigenvalue weighted by Gasteiger charge is 2.52. The van der Waals surface area contributed by atoms with Crippen LogP contribution >= 0.6 is 0 Å². The molecule has 0 radical (unpaired) electrons. The average molecular weight is 331 g/mol. The van der Waals surface area contributed by atoms with Crippen LogP contribution in [0.5, 0.6) is 0 Å². The van der Waals surface area contributed by atoms with Crippen LogP contribution in [0.25, 0.3) is 0 Å². The second kappa shape index (κ2) is 8.29. The number of hydrogen-bond donors (Lipinski definition) is 1. The molecular formula is C22H34O2. The lowest BCUT2D eigenvalue weighted by atomic mass is 9.54. The van der Waals surface area contributed by atoms with Gasteiger partial charge in [-0.3, -0.25) is 0 Å². The summed E-state index contributed by atoms with van der Waals surface area (Å²) in [5.74, 6) is 0.520. The maximum Gasteiger partial charge on any atom is 0.120 e. The van der Waals surface area contributed by atoms with Crippen LogP contribution in [0.3, 0.4) is 0 Å². The Morgan fingerprint density at radius 3 is 2.38 bits per heavy atom. The summed E-state index contributed by atoms with van der Waals surface area (Å²) < 4.78 is 0. The molecule has 2 nitrogen and oxygen atoms in total. The van der Waals surface area contributed by atoms with Gasteiger partial charge in [0.25, 0.3) is 0 Å². The van der Waals surface area contributed by atoms with E-state index in [-0.39, 0.29) is 11.0 Å². The fourth-order valence-corrected chi connectivity index (χ4v) is 4.63. The number of aryl methyl sites for hydroxylation is 2. The van der Waals surface area contributed by atoms with Gasteiger partial charge in [0.05, 0.1) is 5.60 Å². The number of aldehydes is 1. The van der Waals surface area contributed by atoms with Crippen molar-refractivity contribution in [2.45, 2.75) is 84.2 Å².